The number of aliphatic hydroxyl groups excluding tert-OH is 1. The number of rotatable bonds is 7. The van der Waals surface area contributed by atoms with Crippen molar-refractivity contribution in [2.45, 2.75) is 18.6 Å². The van der Waals surface area contributed by atoms with E-state index in [2.05, 4.69) is 27.9 Å². The van der Waals surface area contributed by atoms with Crippen LogP contribution in [0.4, 0.5) is 10.5 Å². The van der Waals surface area contributed by atoms with Crippen molar-refractivity contribution in [1.82, 2.24) is 0 Å². The quantitative estimate of drug-likeness (QED) is 0.553. The molecule has 2 aromatic rings. The molecule has 25 heavy (non-hydrogen) atoms. The van der Waals surface area contributed by atoms with Crippen LogP contribution in [-0.2, 0) is 9.47 Å². The molecule has 0 aliphatic heterocycles. The van der Waals surface area contributed by atoms with Crippen LogP contribution in [0, 0.1) is 3.57 Å². The minimum absolute atomic E-state index is 0.00193. The Kier molecular flexibility index (Phi) is 7.48. The van der Waals surface area contributed by atoms with Crippen molar-refractivity contribution in [2.24, 2.45) is 0 Å². The van der Waals surface area contributed by atoms with Crippen LogP contribution in [0.25, 0.3) is 0 Å². The van der Waals surface area contributed by atoms with E-state index >= 15 is 0 Å². The summed E-state index contributed by atoms with van der Waals surface area (Å²) in [6.45, 7) is -0.136. The first-order chi connectivity index (χ1) is 12.0. The molecule has 3 N–H and O–H groups in total. The van der Waals surface area contributed by atoms with Crippen molar-refractivity contribution in [3.05, 3.63) is 57.7 Å². The van der Waals surface area contributed by atoms with Crippen molar-refractivity contribution < 1.29 is 24.5 Å². The Balaban J connectivity index is 2.25. The summed E-state index contributed by atoms with van der Waals surface area (Å²) in [5, 5.41) is 22.1. The van der Waals surface area contributed by atoms with Crippen molar-refractivity contribution in [3.8, 4) is 5.75 Å². The van der Waals surface area contributed by atoms with Crippen molar-refractivity contribution >= 4 is 34.4 Å². The molecule has 0 aromatic heterocycles. The number of halogens is 1. The summed E-state index contributed by atoms with van der Waals surface area (Å²) in [4.78, 5) is 12.3. The number of aliphatic hydroxyl groups is 1. The van der Waals surface area contributed by atoms with E-state index in [0.29, 0.717) is 11.3 Å². The average molecular weight is 457 g/mol. The number of carbonyl (C=O) groups excluding carboxylic acids is 1. The molecule has 0 unspecified atom stereocenters. The largest absolute Gasteiger partial charge is 0.508 e. The molecule has 7 heteroatoms. The van der Waals surface area contributed by atoms with E-state index in [9.17, 15) is 15.0 Å². The summed E-state index contributed by atoms with van der Waals surface area (Å²) in [5.41, 5.74) is 1.02. The first-order valence-electron chi connectivity index (χ1n) is 7.70. The van der Waals surface area contributed by atoms with Gasteiger partial charge in [-0.05, 0) is 52.9 Å². The highest BCUT2D eigenvalue weighted by molar-refractivity contribution is 14.1. The van der Waals surface area contributed by atoms with Gasteiger partial charge in [0, 0.05) is 35.0 Å². The molecule has 1 amide bonds. The molecule has 2 atom stereocenters. The van der Waals surface area contributed by atoms with Crippen LogP contribution in [0.2, 0.25) is 0 Å². The Hall–Kier alpha value is -1.84. The predicted molar refractivity (Wildman–Crippen MR) is 103 cm³/mol. The molecule has 0 bridgehead atoms. The molecule has 0 fully saturated rings. The maximum absolute atomic E-state index is 12.3. The first kappa shape index (κ1) is 19.5. The number of phenolic OH excluding ortho intramolecular Hbond substituents is 1. The van der Waals surface area contributed by atoms with E-state index in [1.807, 2.05) is 6.07 Å². The first-order valence-corrected chi connectivity index (χ1v) is 8.77. The van der Waals surface area contributed by atoms with Gasteiger partial charge >= 0.3 is 6.09 Å². The summed E-state index contributed by atoms with van der Waals surface area (Å²) in [6.07, 6.45) is -1.88. The molecule has 0 heterocycles. The molecule has 0 spiro atoms. The van der Waals surface area contributed by atoms with Crippen molar-refractivity contribution in [2.75, 3.05) is 19.0 Å². The van der Waals surface area contributed by atoms with Gasteiger partial charge in [0.25, 0.3) is 0 Å². The number of hydrogen-bond donors (Lipinski definition) is 3. The Bertz CT molecular complexity index is 695. The number of amides is 1. The van der Waals surface area contributed by atoms with Crippen LogP contribution >= 0.6 is 22.6 Å². The van der Waals surface area contributed by atoms with Gasteiger partial charge in [0.1, 0.15) is 11.9 Å². The number of benzene rings is 2. The molecule has 2 aromatic carbocycles. The fraction of sp³-hybridized carbons (Fsp3) is 0.278. The monoisotopic (exact) mass is 457 g/mol. The second kappa shape index (κ2) is 9.59. The van der Waals surface area contributed by atoms with E-state index in [-0.39, 0.29) is 18.8 Å². The van der Waals surface area contributed by atoms with Gasteiger partial charge in [-0.3, -0.25) is 5.32 Å². The SMILES string of the molecule is CO[C@@H](CCO)[C@@H](OC(=O)Nc1ccccc1)c1cc(I)ccc1O. The predicted octanol–water partition coefficient (Wildman–Crippen LogP) is 3.68. The normalized spacial score (nSPS) is 13.1. The van der Waals surface area contributed by atoms with Gasteiger partial charge in [-0.15, -0.1) is 0 Å². The van der Waals surface area contributed by atoms with Gasteiger partial charge in [-0.25, -0.2) is 4.79 Å². The number of phenols is 1. The lowest BCUT2D eigenvalue weighted by Crippen LogP contribution is -2.29. The molecule has 0 saturated carbocycles. The fourth-order valence-corrected chi connectivity index (χ4v) is 2.91. The number of para-hydroxylation sites is 1. The van der Waals surface area contributed by atoms with Crippen LogP contribution in [0.5, 0.6) is 5.75 Å². The average Bonchev–Trinajstić information content (AvgIpc) is 2.61. The fourth-order valence-electron chi connectivity index (χ4n) is 2.40. The Labute approximate surface area is 159 Å². The minimum atomic E-state index is -0.865. The van der Waals surface area contributed by atoms with Gasteiger partial charge in [-0.2, -0.15) is 0 Å². The lowest BCUT2D eigenvalue weighted by Gasteiger charge is -2.26. The lowest BCUT2D eigenvalue weighted by molar-refractivity contribution is -0.0314. The number of anilines is 1. The summed E-state index contributed by atoms with van der Waals surface area (Å²) in [7, 11) is 1.47. The zero-order valence-corrected chi connectivity index (χ0v) is 15.8. The standard InChI is InChI=1S/C18H20INO5/c1-24-16(9-10-21)17(14-11-12(19)7-8-15(14)22)25-18(23)20-13-5-3-2-4-6-13/h2-8,11,16-17,21-22H,9-10H2,1H3,(H,20,23)/t16-,17-/m0/s1. The summed E-state index contributed by atoms with van der Waals surface area (Å²) in [5.74, 6) is -0.00193. The number of nitrogens with one attached hydrogen (secondary N) is 1. The van der Waals surface area contributed by atoms with Gasteiger partial charge in [0.15, 0.2) is 6.10 Å². The number of ether oxygens (including phenoxy) is 2. The third kappa shape index (κ3) is 5.58. The van der Waals surface area contributed by atoms with Crippen LogP contribution in [0.15, 0.2) is 48.5 Å². The van der Waals surface area contributed by atoms with Crippen molar-refractivity contribution in [3.63, 3.8) is 0 Å². The molecule has 0 radical (unpaired) electrons. The van der Waals surface area contributed by atoms with E-state index in [1.165, 1.54) is 13.2 Å². The number of aromatic hydroxyl groups is 1. The molecular weight excluding hydrogens is 437 g/mol. The molecule has 0 aliphatic carbocycles. The minimum Gasteiger partial charge on any atom is -0.508 e. The molecule has 6 nitrogen and oxygen atoms in total. The summed E-state index contributed by atoms with van der Waals surface area (Å²) in [6, 6.07) is 13.9. The highest BCUT2D eigenvalue weighted by Crippen LogP contribution is 2.33. The van der Waals surface area contributed by atoms with E-state index in [4.69, 9.17) is 9.47 Å². The van der Waals surface area contributed by atoms with E-state index in [0.717, 1.165) is 3.57 Å². The van der Waals surface area contributed by atoms with Gasteiger partial charge in [-0.1, -0.05) is 18.2 Å². The molecular formula is C18H20INO5. The molecule has 2 rings (SSSR count). The summed E-state index contributed by atoms with van der Waals surface area (Å²) < 4.78 is 11.8. The molecule has 134 valence electrons. The van der Waals surface area contributed by atoms with Crippen molar-refractivity contribution in [1.29, 1.82) is 0 Å². The Morgan fingerprint density at radius 3 is 2.60 bits per heavy atom. The topological polar surface area (TPSA) is 88.0 Å². The number of methoxy groups -OCH3 is 1. The van der Waals surface area contributed by atoms with Crippen LogP contribution in [-0.4, -0.2) is 36.1 Å². The van der Waals surface area contributed by atoms with E-state index in [1.54, 1.807) is 36.4 Å². The lowest BCUT2D eigenvalue weighted by atomic mass is 10.0. The second-order valence-electron chi connectivity index (χ2n) is 5.31. The Morgan fingerprint density at radius 2 is 1.96 bits per heavy atom. The number of carbonyl (C=O) groups is 1. The van der Waals surface area contributed by atoms with Crippen LogP contribution in [0.3, 0.4) is 0 Å². The smallest absolute Gasteiger partial charge is 0.412 e. The van der Waals surface area contributed by atoms with Crippen LogP contribution < -0.4 is 5.32 Å². The van der Waals surface area contributed by atoms with Gasteiger partial charge in [0.2, 0.25) is 0 Å². The highest BCUT2D eigenvalue weighted by Gasteiger charge is 2.29. The Morgan fingerprint density at radius 1 is 1.24 bits per heavy atom. The zero-order chi connectivity index (χ0) is 18.2. The maximum Gasteiger partial charge on any atom is 0.412 e. The maximum atomic E-state index is 12.3. The number of hydrogen-bond acceptors (Lipinski definition) is 5. The van der Waals surface area contributed by atoms with Crippen LogP contribution in [0.1, 0.15) is 18.1 Å². The summed E-state index contributed by atoms with van der Waals surface area (Å²) >= 11 is 2.11. The highest BCUT2D eigenvalue weighted by atomic mass is 127. The molecule has 0 aliphatic rings. The van der Waals surface area contributed by atoms with Gasteiger partial charge < -0.3 is 19.7 Å². The van der Waals surface area contributed by atoms with E-state index < -0.39 is 18.3 Å². The third-order valence-corrected chi connectivity index (χ3v) is 4.28. The second-order valence-corrected chi connectivity index (χ2v) is 6.55. The third-order valence-electron chi connectivity index (χ3n) is 3.60. The van der Waals surface area contributed by atoms with Gasteiger partial charge in [0.05, 0.1) is 0 Å². The zero-order valence-electron chi connectivity index (χ0n) is 13.7. The molecule has 0 saturated heterocycles.